The summed E-state index contributed by atoms with van der Waals surface area (Å²) in [5, 5.41) is 14.4. The number of rotatable bonds is 3. The number of aromatic nitrogens is 2. The van der Waals surface area contributed by atoms with Gasteiger partial charge in [0.2, 0.25) is 0 Å². The predicted octanol–water partition coefficient (Wildman–Crippen LogP) is 1.14. The zero-order valence-electron chi connectivity index (χ0n) is 10.9. The molecule has 1 fully saturated rings. The van der Waals surface area contributed by atoms with Crippen molar-refractivity contribution in [1.82, 2.24) is 9.97 Å². The van der Waals surface area contributed by atoms with Crippen molar-refractivity contribution in [2.45, 2.75) is 12.5 Å². The quantitative estimate of drug-likeness (QED) is 0.667. The molecule has 9 heteroatoms. The first-order chi connectivity index (χ1) is 9.94. The summed E-state index contributed by atoms with van der Waals surface area (Å²) in [6.45, 7) is 0. The van der Waals surface area contributed by atoms with Gasteiger partial charge < -0.3 is 5.32 Å². The highest BCUT2D eigenvalue weighted by atomic mass is 32.2. The maximum Gasteiger partial charge on any atom is 0.270 e. The van der Waals surface area contributed by atoms with Gasteiger partial charge in [0.1, 0.15) is 12.1 Å². The van der Waals surface area contributed by atoms with Gasteiger partial charge in [-0.15, -0.1) is 0 Å². The summed E-state index contributed by atoms with van der Waals surface area (Å²) in [4.78, 5) is 18.5. The van der Waals surface area contributed by atoms with Gasteiger partial charge in [-0.25, -0.2) is 18.4 Å². The lowest BCUT2D eigenvalue weighted by Gasteiger charge is -2.12. The second-order valence-electron chi connectivity index (χ2n) is 4.93. The van der Waals surface area contributed by atoms with E-state index in [1.165, 1.54) is 18.5 Å². The van der Waals surface area contributed by atoms with Gasteiger partial charge in [0.25, 0.3) is 5.69 Å². The fraction of sp³-hybridized carbons (Fsp3) is 0.333. The number of hydrogen-bond donors (Lipinski definition) is 1. The third kappa shape index (κ3) is 2.77. The molecule has 2 heterocycles. The molecule has 0 spiro atoms. The summed E-state index contributed by atoms with van der Waals surface area (Å²) in [6, 6.07) is 4.08. The van der Waals surface area contributed by atoms with E-state index in [0.29, 0.717) is 23.1 Å². The molecule has 2 aromatic rings. The number of anilines is 1. The summed E-state index contributed by atoms with van der Waals surface area (Å²) >= 11 is 0. The smallest absolute Gasteiger partial charge is 0.270 e. The number of nitro benzene ring substituents is 1. The second-order valence-corrected chi connectivity index (χ2v) is 7.15. The van der Waals surface area contributed by atoms with Crippen LogP contribution in [0.25, 0.3) is 10.9 Å². The van der Waals surface area contributed by atoms with Crippen LogP contribution in [0, 0.1) is 10.1 Å². The molecular formula is C12H12N4O4S. The average molecular weight is 308 g/mol. The van der Waals surface area contributed by atoms with Gasteiger partial charge in [0, 0.05) is 23.6 Å². The number of nitrogens with zero attached hydrogens (tertiary/aromatic N) is 3. The van der Waals surface area contributed by atoms with Crippen molar-refractivity contribution in [3.05, 3.63) is 34.6 Å². The number of nitro groups is 1. The molecule has 0 radical (unpaired) electrons. The molecule has 8 nitrogen and oxygen atoms in total. The van der Waals surface area contributed by atoms with Gasteiger partial charge >= 0.3 is 0 Å². The Hall–Kier alpha value is -2.29. The third-order valence-corrected chi connectivity index (χ3v) is 5.17. The monoisotopic (exact) mass is 308 g/mol. The molecule has 0 bridgehead atoms. The van der Waals surface area contributed by atoms with Gasteiger partial charge in [-0.1, -0.05) is 0 Å². The van der Waals surface area contributed by atoms with E-state index in [1.54, 1.807) is 6.07 Å². The molecule has 1 unspecified atom stereocenters. The van der Waals surface area contributed by atoms with Crippen LogP contribution in [0.3, 0.4) is 0 Å². The first-order valence-corrected chi connectivity index (χ1v) is 8.13. The molecule has 21 heavy (non-hydrogen) atoms. The minimum Gasteiger partial charge on any atom is -0.366 e. The molecule has 1 saturated heterocycles. The van der Waals surface area contributed by atoms with Crippen molar-refractivity contribution < 1.29 is 13.3 Å². The Morgan fingerprint density at radius 2 is 2.14 bits per heavy atom. The zero-order valence-corrected chi connectivity index (χ0v) is 11.7. The molecule has 1 aliphatic heterocycles. The maximum absolute atomic E-state index is 11.5. The normalized spacial score (nSPS) is 20.5. The highest BCUT2D eigenvalue weighted by Crippen LogP contribution is 2.26. The van der Waals surface area contributed by atoms with E-state index in [-0.39, 0.29) is 23.2 Å². The summed E-state index contributed by atoms with van der Waals surface area (Å²) in [7, 11) is -3.00. The zero-order chi connectivity index (χ0) is 15.0. The van der Waals surface area contributed by atoms with Crippen molar-refractivity contribution >= 4 is 32.2 Å². The number of fused-ring (bicyclic) bond motifs is 1. The molecule has 1 aliphatic rings. The van der Waals surface area contributed by atoms with Crippen molar-refractivity contribution in [2.75, 3.05) is 16.8 Å². The molecule has 1 aromatic carbocycles. The lowest BCUT2D eigenvalue weighted by Crippen LogP contribution is -2.21. The summed E-state index contributed by atoms with van der Waals surface area (Å²) < 4.78 is 23.0. The van der Waals surface area contributed by atoms with Gasteiger partial charge in [0.15, 0.2) is 9.84 Å². The standard InChI is InChI=1S/C12H12N4O4S/c17-16(18)9-1-2-11-10(5-9)12(14-7-13-11)15-8-3-4-21(19,20)6-8/h1-2,5,7-8H,3-4,6H2,(H,13,14,15). The molecule has 110 valence electrons. The first kappa shape index (κ1) is 13.7. The lowest BCUT2D eigenvalue weighted by molar-refractivity contribution is -0.384. The summed E-state index contributed by atoms with van der Waals surface area (Å²) in [5.74, 6) is 0.618. The second kappa shape index (κ2) is 4.92. The highest BCUT2D eigenvalue weighted by Gasteiger charge is 2.28. The Morgan fingerprint density at radius 1 is 1.33 bits per heavy atom. The molecule has 3 rings (SSSR count). The topological polar surface area (TPSA) is 115 Å². The third-order valence-electron chi connectivity index (χ3n) is 3.40. The van der Waals surface area contributed by atoms with Crippen molar-refractivity contribution in [2.24, 2.45) is 0 Å². The molecule has 1 atom stereocenters. The highest BCUT2D eigenvalue weighted by molar-refractivity contribution is 7.91. The minimum absolute atomic E-state index is 0.0490. The van der Waals surface area contributed by atoms with E-state index < -0.39 is 14.8 Å². The van der Waals surface area contributed by atoms with Crippen LogP contribution in [0.1, 0.15) is 6.42 Å². The van der Waals surface area contributed by atoms with E-state index in [0.717, 1.165) is 0 Å². The molecule has 1 aromatic heterocycles. The Labute approximate surface area is 120 Å². The van der Waals surface area contributed by atoms with Crippen LogP contribution in [0.15, 0.2) is 24.5 Å². The van der Waals surface area contributed by atoms with E-state index in [4.69, 9.17) is 0 Å². The Kier molecular flexibility index (Phi) is 3.20. The van der Waals surface area contributed by atoms with Gasteiger partial charge in [-0.2, -0.15) is 0 Å². The van der Waals surface area contributed by atoms with Crippen LogP contribution in [0.5, 0.6) is 0 Å². The molecule has 0 saturated carbocycles. The molecular weight excluding hydrogens is 296 g/mol. The summed E-state index contributed by atoms with van der Waals surface area (Å²) in [6.07, 6.45) is 1.85. The van der Waals surface area contributed by atoms with Crippen LogP contribution in [0.2, 0.25) is 0 Å². The Morgan fingerprint density at radius 3 is 2.81 bits per heavy atom. The van der Waals surface area contributed by atoms with Crippen molar-refractivity contribution in [1.29, 1.82) is 0 Å². The number of nitrogens with one attached hydrogen (secondary N) is 1. The van der Waals surface area contributed by atoms with Crippen LogP contribution >= 0.6 is 0 Å². The average Bonchev–Trinajstić information content (AvgIpc) is 2.78. The SMILES string of the molecule is O=[N+]([O-])c1ccc2ncnc(NC3CCS(=O)(=O)C3)c2c1. The number of hydrogen-bond acceptors (Lipinski definition) is 7. The molecule has 1 N–H and O–H groups in total. The van der Waals surface area contributed by atoms with E-state index in [1.807, 2.05) is 0 Å². The predicted molar refractivity (Wildman–Crippen MR) is 76.9 cm³/mol. The maximum atomic E-state index is 11.5. The van der Waals surface area contributed by atoms with Crippen LogP contribution in [0.4, 0.5) is 11.5 Å². The number of benzene rings is 1. The fourth-order valence-corrected chi connectivity index (χ4v) is 4.05. The van der Waals surface area contributed by atoms with Crippen molar-refractivity contribution in [3.63, 3.8) is 0 Å². The summed E-state index contributed by atoms with van der Waals surface area (Å²) in [5.41, 5.74) is 0.512. The number of non-ortho nitro benzene ring substituents is 1. The van der Waals surface area contributed by atoms with E-state index >= 15 is 0 Å². The van der Waals surface area contributed by atoms with Crippen LogP contribution < -0.4 is 5.32 Å². The lowest BCUT2D eigenvalue weighted by atomic mass is 10.2. The molecule has 0 amide bonds. The van der Waals surface area contributed by atoms with Crippen LogP contribution in [-0.2, 0) is 9.84 Å². The van der Waals surface area contributed by atoms with Gasteiger partial charge in [-0.3, -0.25) is 10.1 Å². The van der Waals surface area contributed by atoms with Gasteiger partial charge in [-0.05, 0) is 12.5 Å². The van der Waals surface area contributed by atoms with Gasteiger partial charge in [0.05, 0.1) is 21.9 Å². The van der Waals surface area contributed by atoms with E-state index in [2.05, 4.69) is 15.3 Å². The van der Waals surface area contributed by atoms with Crippen LogP contribution in [-0.4, -0.2) is 40.9 Å². The largest absolute Gasteiger partial charge is 0.366 e. The Bertz CT molecular complexity index is 821. The minimum atomic E-state index is -3.00. The number of sulfone groups is 1. The van der Waals surface area contributed by atoms with E-state index in [9.17, 15) is 18.5 Å². The Balaban J connectivity index is 1.98. The first-order valence-electron chi connectivity index (χ1n) is 6.31. The van der Waals surface area contributed by atoms with Crippen molar-refractivity contribution in [3.8, 4) is 0 Å². The molecule has 0 aliphatic carbocycles. The fourth-order valence-electron chi connectivity index (χ4n) is 2.38.